The zero-order valence-electron chi connectivity index (χ0n) is 50.8. The van der Waals surface area contributed by atoms with Crippen molar-refractivity contribution in [3.8, 4) is 0 Å². The van der Waals surface area contributed by atoms with E-state index in [9.17, 15) is 79.4 Å². The first-order valence-corrected chi connectivity index (χ1v) is 32.4. The number of rotatable bonds is 17. The van der Waals surface area contributed by atoms with Crippen LogP contribution in [0, 0.1) is 46.3 Å². The third kappa shape index (κ3) is 12.8. The van der Waals surface area contributed by atoms with Crippen LogP contribution in [0.4, 0.5) is 0 Å². The van der Waals surface area contributed by atoms with Gasteiger partial charge in [-0.1, -0.05) is 46.3 Å². The first kappa shape index (κ1) is 68.5. The van der Waals surface area contributed by atoms with Crippen molar-refractivity contribution in [3.05, 3.63) is 11.6 Å². The van der Waals surface area contributed by atoms with Crippen molar-refractivity contribution in [2.45, 2.75) is 298 Å². The van der Waals surface area contributed by atoms with Crippen LogP contribution in [0.15, 0.2) is 11.6 Å². The van der Waals surface area contributed by atoms with Gasteiger partial charge in [-0.3, -0.25) is 4.55 Å². The van der Waals surface area contributed by atoms with Crippen molar-refractivity contribution in [2.24, 2.45) is 46.3 Å². The van der Waals surface area contributed by atoms with Crippen LogP contribution < -0.4 is 0 Å². The Morgan fingerprint density at radius 3 is 1.67 bits per heavy atom. The lowest BCUT2D eigenvalue weighted by molar-refractivity contribution is -0.406. The fourth-order valence-electron chi connectivity index (χ4n) is 16.5. The van der Waals surface area contributed by atoms with Gasteiger partial charge in [0, 0.05) is 0 Å². The molecule has 0 aromatic rings. The number of epoxide rings is 1. The number of hydrogen-bond donors (Lipinski definition) is 14. The highest BCUT2D eigenvalue weighted by atomic mass is 32.3. The predicted molar refractivity (Wildman–Crippen MR) is 294 cm³/mol. The molecule has 28 nitrogen and oxygen atoms in total. The van der Waals surface area contributed by atoms with E-state index in [2.05, 4.69) is 40.7 Å². The summed E-state index contributed by atoms with van der Waals surface area (Å²) in [4.78, 5) is 0. The molecule has 0 spiro atoms. The lowest BCUT2D eigenvalue weighted by atomic mass is 9.47. The maximum absolute atomic E-state index is 12.5. The number of aliphatic hydroxyl groups is 13. The van der Waals surface area contributed by atoms with Crippen molar-refractivity contribution in [1.29, 1.82) is 0 Å². The molecule has 502 valence electrons. The van der Waals surface area contributed by atoms with E-state index in [1.54, 1.807) is 0 Å². The van der Waals surface area contributed by atoms with E-state index in [1.165, 1.54) is 27.7 Å². The molecular weight excluding hydrogens is 1180 g/mol. The molecule has 6 heterocycles. The Morgan fingerprint density at radius 1 is 0.586 bits per heavy atom. The minimum atomic E-state index is -4.90. The number of hydrogen-bond acceptors (Lipinski definition) is 27. The molecule has 3 saturated carbocycles. The second-order valence-electron chi connectivity index (χ2n) is 27.8. The lowest BCUT2D eigenvalue weighted by Crippen LogP contribution is -2.68. The third-order valence-corrected chi connectivity index (χ3v) is 22.6. The fourth-order valence-corrected chi connectivity index (χ4v) is 17.0. The van der Waals surface area contributed by atoms with E-state index in [0.717, 1.165) is 18.4 Å². The molecule has 29 heteroatoms. The number of fused-ring (bicyclic) bond motifs is 5. The Labute approximate surface area is 506 Å². The van der Waals surface area contributed by atoms with Crippen molar-refractivity contribution in [2.75, 3.05) is 6.61 Å². The van der Waals surface area contributed by atoms with E-state index in [1.807, 2.05) is 6.92 Å². The maximum Gasteiger partial charge on any atom is 0.397 e. The molecule has 0 amide bonds. The molecule has 6 aliphatic heterocycles. The Hall–Kier alpha value is -1.35. The second kappa shape index (κ2) is 25.8. The zero-order chi connectivity index (χ0) is 63.6. The number of ether oxygens (including phenoxy) is 11. The standard InChI is InChI=1S/C58H96O28S/c1-20(2)21(3)45-50(81-45)58(10,71)33-12-11-28-27-18-31(30-17-26(86-87(72,73)74)13-15-56(30,8)29(27)14-16-57(28,33)9)79-53-44(70)47(37(63)32(19-59)80-53)83-55-49(85-52-42(68)39(65)35(61)23(5)76-52)43(69)46(25(7)78-55)82-54-48(40(66)36(62)24(6)77-54)84-51-41(67)38(64)34(60)22(4)75-51/h14,20-28,30-55,59-71H,11-13,15-19H2,1-10H3,(H,72,73,74)/t21-,22+,23+,24+,25+,26-,27-,28-,30+,31-,32+,33-,34-,35+,36+,37+,38-,39-,40-,41+,42+,43-,44+,45-,46+,47-,48+,49+,50+,51-,52-,53+,54-,55-,56+,57-,58+/m0/s1. The first-order valence-electron chi connectivity index (χ1n) is 31.0. The summed E-state index contributed by atoms with van der Waals surface area (Å²) in [6.07, 6.45) is -38.9. The van der Waals surface area contributed by atoms with Gasteiger partial charge in [-0.25, -0.2) is 4.18 Å². The SMILES string of the molecule is CC(C)[C@H](C)[C@@H]1O[C@H]1[C@](C)(O)[C@H]1CC[C@H]2[C@@H]3C[C@H](O[C@@H]4O[C@H](CO)[C@@H](O)[C@H](O[C@@H]5O[C@H](C)[C@@H](O[C@@H]6O[C@H](C)[C@@H](O)[C@H](O)[C@H]6O[C@@H]6O[C@H](C)[C@H](O)[C@H](O)[C@H]6O)[C@H](O)[C@H]5O[C@@H]5O[C@H](C)[C@@H](O)[C@H](O)[C@H]5O)[C@H]4O)[C@H]4C[C@@H](OS(=O)(=O)O)CC[C@]4(C)C3=CC[C@]12C. The molecule has 0 aromatic carbocycles. The molecule has 0 unspecified atom stereocenters. The molecule has 14 N–H and O–H groups in total. The van der Waals surface area contributed by atoms with Crippen molar-refractivity contribution >= 4 is 10.4 Å². The fraction of sp³-hybridized carbons (Fsp3) is 0.966. The van der Waals surface area contributed by atoms with Gasteiger partial charge < -0.3 is 118 Å². The monoisotopic (exact) mass is 1270 g/mol. The Balaban J connectivity index is 0.930. The normalized spacial score (nSPS) is 54.0. The first-order chi connectivity index (χ1) is 40.6. The Kier molecular flexibility index (Phi) is 20.3. The molecule has 6 saturated heterocycles. The van der Waals surface area contributed by atoms with Gasteiger partial charge in [0.1, 0.15) is 104 Å². The number of allylic oxidation sites excluding steroid dienone is 2. The van der Waals surface area contributed by atoms with Crippen molar-refractivity contribution in [1.82, 2.24) is 0 Å². The maximum atomic E-state index is 12.5. The molecule has 9 fully saturated rings. The summed E-state index contributed by atoms with van der Waals surface area (Å²) in [5, 5.41) is 147. The largest absolute Gasteiger partial charge is 0.397 e. The molecular formula is C58H96O28S. The van der Waals surface area contributed by atoms with E-state index in [-0.39, 0.29) is 48.7 Å². The van der Waals surface area contributed by atoms with Crippen molar-refractivity contribution < 1.29 is 136 Å². The van der Waals surface area contributed by atoms with Crippen LogP contribution in [0.3, 0.4) is 0 Å². The summed E-state index contributed by atoms with van der Waals surface area (Å²) in [7, 11) is -4.90. The highest BCUT2D eigenvalue weighted by Gasteiger charge is 2.67. The molecule has 87 heavy (non-hydrogen) atoms. The summed E-state index contributed by atoms with van der Waals surface area (Å²) in [5.74, 6) is -0.213. The summed E-state index contributed by atoms with van der Waals surface area (Å²) >= 11 is 0. The van der Waals surface area contributed by atoms with Gasteiger partial charge in [0.2, 0.25) is 0 Å². The van der Waals surface area contributed by atoms with Gasteiger partial charge in [-0.05, 0) is 126 Å². The van der Waals surface area contributed by atoms with Crippen LogP contribution in [0.25, 0.3) is 0 Å². The average molecular weight is 1270 g/mol. The second-order valence-corrected chi connectivity index (χ2v) is 28.8. The van der Waals surface area contributed by atoms with E-state index in [0.29, 0.717) is 25.2 Å². The Bertz CT molecular complexity index is 2500. The van der Waals surface area contributed by atoms with Crippen LogP contribution in [-0.4, -0.2) is 270 Å². The van der Waals surface area contributed by atoms with E-state index in [4.69, 9.17) is 56.3 Å². The minimum absolute atomic E-state index is 0.0278. The topological polar surface area (TPSA) is 431 Å². The molecule has 0 aromatic heterocycles. The predicted octanol–water partition coefficient (Wildman–Crippen LogP) is -2.23. The van der Waals surface area contributed by atoms with Gasteiger partial charge in [0.05, 0.1) is 54.9 Å². The quantitative estimate of drug-likeness (QED) is 0.0416. The highest BCUT2D eigenvalue weighted by molar-refractivity contribution is 7.80. The highest BCUT2D eigenvalue weighted by Crippen LogP contribution is 2.68. The van der Waals surface area contributed by atoms with E-state index < -0.39 is 205 Å². The van der Waals surface area contributed by atoms with Gasteiger partial charge in [-0.15, -0.1) is 0 Å². The van der Waals surface area contributed by atoms with Gasteiger partial charge in [0.15, 0.2) is 31.5 Å². The summed E-state index contributed by atoms with van der Waals surface area (Å²) in [6, 6.07) is 0. The molecule has 4 aliphatic carbocycles. The molecule has 10 aliphatic rings. The summed E-state index contributed by atoms with van der Waals surface area (Å²) in [5.41, 5.74) is -1.05. The Morgan fingerprint density at radius 2 is 1.10 bits per heavy atom. The smallest absolute Gasteiger partial charge is 0.394 e. The lowest BCUT2D eigenvalue weighted by Gasteiger charge is -2.60. The van der Waals surface area contributed by atoms with Crippen LogP contribution in [0.5, 0.6) is 0 Å². The van der Waals surface area contributed by atoms with Crippen molar-refractivity contribution in [3.63, 3.8) is 0 Å². The van der Waals surface area contributed by atoms with Crippen LogP contribution in [0.2, 0.25) is 0 Å². The molecule has 0 radical (unpaired) electrons. The third-order valence-electron chi connectivity index (χ3n) is 22.1. The zero-order valence-corrected chi connectivity index (χ0v) is 51.6. The van der Waals surface area contributed by atoms with Crippen LogP contribution in [0.1, 0.15) is 114 Å². The van der Waals surface area contributed by atoms with Gasteiger partial charge >= 0.3 is 10.4 Å². The molecule has 10 rings (SSSR count). The minimum Gasteiger partial charge on any atom is -0.394 e. The van der Waals surface area contributed by atoms with Gasteiger partial charge in [0.25, 0.3) is 0 Å². The van der Waals surface area contributed by atoms with Crippen LogP contribution >= 0.6 is 0 Å². The summed E-state index contributed by atoms with van der Waals surface area (Å²) in [6.45, 7) is 17.3. The van der Waals surface area contributed by atoms with Crippen LogP contribution in [-0.2, 0) is 66.7 Å². The number of aliphatic hydroxyl groups excluding tert-OH is 12. The van der Waals surface area contributed by atoms with E-state index >= 15 is 0 Å². The summed E-state index contributed by atoms with van der Waals surface area (Å²) < 4.78 is 108. The molecule has 0 bridgehead atoms. The molecule has 37 atom stereocenters. The van der Waals surface area contributed by atoms with Gasteiger partial charge in [-0.2, -0.15) is 8.42 Å². The average Bonchev–Trinajstić information content (AvgIpc) is 1.66.